The fourth-order valence-electron chi connectivity index (χ4n) is 3.18. The van der Waals surface area contributed by atoms with Crippen molar-refractivity contribution in [2.24, 2.45) is 22.0 Å². The standard InChI is InChI=1S/C11H21NOS/c1-9(2)3-10(8-14-7-9)4-11(10,5-12)6-13/h13H,3-8,12H2,1-2H3. The lowest BCUT2D eigenvalue weighted by Crippen LogP contribution is -2.36. The van der Waals surface area contributed by atoms with Crippen LogP contribution in [0.4, 0.5) is 0 Å². The fourth-order valence-corrected chi connectivity index (χ4v) is 4.83. The molecule has 2 unspecified atom stereocenters. The Morgan fingerprint density at radius 3 is 2.43 bits per heavy atom. The van der Waals surface area contributed by atoms with Gasteiger partial charge in [-0.1, -0.05) is 13.8 Å². The largest absolute Gasteiger partial charge is 0.396 e. The third kappa shape index (κ3) is 1.41. The number of hydrogen-bond donors (Lipinski definition) is 2. The van der Waals surface area contributed by atoms with E-state index >= 15 is 0 Å². The van der Waals surface area contributed by atoms with Gasteiger partial charge < -0.3 is 10.8 Å². The summed E-state index contributed by atoms with van der Waals surface area (Å²) >= 11 is 2.04. The summed E-state index contributed by atoms with van der Waals surface area (Å²) in [5, 5.41) is 9.45. The lowest BCUT2D eigenvalue weighted by atomic mass is 9.78. The molecule has 1 heterocycles. The molecule has 1 saturated heterocycles. The predicted octanol–water partition coefficient (Wildman–Crippen LogP) is 1.48. The molecule has 14 heavy (non-hydrogen) atoms. The van der Waals surface area contributed by atoms with Crippen LogP contribution in [0.1, 0.15) is 26.7 Å². The van der Waals surface area contributed by atoms with E-state index in [1.807, 2.05) is 11.8 Å². The highest BCUT2D eigenvalue weighted by molar-refractivity contribution is 7.99. The molecule has 0 aromatic carbocycles. The van der Waals surface area contributed by atoms with Gasteiger partial charge in [0, 0.05) is 12.0 Å². The molecule has 0 amide bonds. The highest BCUT2D eigenvalue weighted by atomic mass is 32.2. The number of hydrogen-bond acceptors (Lipinski definition) is 3. The Balaban J connectivity index is 2.13. The SMILES string of the molecule is CC1(C)CSCC2(C1)CC2(CN)CO. The minimum atomic E-state index is 0.0672. The van der Waals surface area contributed by atoms with Crippen molar-refractivity contribution in [1.29, 1.82) is 0 Å². The van der Waals surface area contributed by atoms with Crippen molar-refractivity contribution in [1.82, 2.24) is 0 Å². The fraction of sp³-hybridized carbons (Fsp3) is 1.00. The molecule has 82 valence electrons. The van der Waals surface area contributed by atoms with Gasteiger partial charge in [0.25, 0.3) is 0 Å². The van der Waals surface area contributed by atoms with Gasteiger partial charge in [-0.25, -0.2) is 0 Å². The number of thioether (sulfide) groups is 1. The Labute approximate surface area is 90.6 Å². The van der Waals surface area contributed by atoms with Gasteiger partial charge in [-0.3, -0.25) is 0 Å². The Hall–Kier alpha value is 0.270. The second-order valence-corrected chi connectivity index (χ2v) is 6.92. The maximum atomic E-state index is 9.45. The van der Waals surface area contributed by atoms with Gasteiger partial charge >= 0.3 is 0 Å². The van der Waals surface area contributed by atoms with E-state index < -0.39 is 0 Å². The van der Waals surface area contributed by atoms with Gasteiger partial charge in [0.2, 0.25) is 0 Å². The van der Waals surface area contributed by atoms with Crippen LogP contribution >= 0.6 is 11.8 Å². The molecule has 2 nitrogen and oxygen atoms in total. The smallest absolute Gasteiger partial charge is 0.0505 e. The summed E-state index contributed by atoms with van der Waals surface area (Å²) in [5.74, 6) is 2.45. The molecular weight excluding hydrogens is 194 g/mol. The van der Waals surface area contributed by atoms with Crippen LogP contribution in [0, 0.1) is 16.2 Å². The third-order valence-electron chi connectivity index (χ3n) is 4.06. The van der Waals surface area contributed by atoms with Crippen LogP contribution in [0.2, 0.25) is 0 Å². The van der Waals surface area contributed by atoms with E-state index in [1.165, 1.54) is 17.9 Å². The minimum Gasteiger partial charge on any atom is -0.396 e. The van der Waals surface area contributed by atoms with Gasteiger partial charge in [0.15, 0.2) is 0 Å². The van der Waals surface area contributed by atoms with E-state index in [0.29, 0.717) is 17.4 Å². The number of nitrogens with two attached hydrogens (primary N) is 1. The number of aliphatic hydroxyl groups excluding tert-OH is 1. The normalized spacial score (nSPS) is 45.4. The predicted molar refractivity (Wildman–Crippen MR) is 61.3 cm³/mol. The summed E-state index contributed by atoms with van der Waals surface area (Å²) < 4.78 is 0. The topological polar surface area (TPSA) is 46.2 Å². The summed E-state index contributed by atoms with van der Waals surface area (Å²) in [6, 6.07) is 0. The quantitative estimate of drug-likeness (QED) is 0.733. The lowest BCUT2D eigenvalue weighted by Gasteiger charge is -2.38. The molecule has 2 aliphatic rings. The Bertz CT molecular complexity index is 237. The van der Waals surface area contributed by atoms with E-state index in [-0.39, 0.29) is 12.0 Å². The first-order valence-electron chi connectivity index (χ1n) is 5.38. The van der Waals surface area contributed by atoms with Crippen LogP contribution in [0.5, 0.6) is 0 Å². The first-order valence-corrected chi connectivity index (χ1v) is 6.53. The van der Waals surface area contributed by atoms with Crippen molar-refractivity contribution >= 4 is 11.8 Å². The average Bonchev–Trinajstić information content (AvgIpc) is 2.71. The highest BCUT2D eigenvalue weighted by Gasteiger charge is 2.67. The summed E-state index contributed by atoms with van der Waals surface area (Å²) in [7, 11) is 0. The van der Waals surface area contributed by atoms with Crippen molar-refractivity contribution in [2.45, 2.75) is 26.7 Å². The van der Waals surface area contributed by atoms with Gasteiger partial charge in [-0.15, -0.1) is 0 Å². The van der Waals surface area contributed by atoms with E-state index in [9.17, 15) is 5.11 Å². The molecule has 2 atom stereocenters. The molecule has 0 aromatic heterocycles. The maximum absolute atomic E-state index is 9.45. The van der Waals surface area contributed by atoms with E-state index in [1.54, 1.807) is 0 Å². The summed E-state index contributed by atoms with van der Waals surface area (Å²) in [4.78, 5) is 0. The minimum absolute atomic E-state index is 0.0672. The van der Waals surface area contributed by atoms with E-state index in [0.717, 1.165) is 6.42 Å². The molecule has 2 rings (SSSR count). The van der Waals surface area contributed by atoms with Crippen LogP contribution in [-0.2, 0) is 0 Å². The summed E-state index contributed by atoms with van der Waals surface area (Å²) in [6.45, 7) is 5.59. The van der Waals surface area contributed by atoms with Crippen molar-refractivity contribution in [2.75, 3.05) is 24.7 Å². The summed E-state index contributed by atoms with van der Waals surface area (Å²) in [5.41, 5.74) is 6.66. The molecule has 2 fully saturated rings. The number of rotatable bonds is 2. The Morgan fingerprint density at radius 2 is 2.00 bits per heavy atom. The monoisotopic (exact) mass is 215 g/mol. The van der Waals surface area contributed by atoms with Crippen LogP contribution in [-0.4, -0.2) is 29.8 Å². The van der Waals surface area contributed by atoms with Gasteiger partial charge in [0.1, 0.15) is 0 Å². The molecule has 3 N–H and O–H groups in total. The average molecular weight is 215 g/mol. The van der Waals surface area contributed by atoms with Crippen molar-refractivity contribution < 1.29 is 5.11 Å². The molecule has 1 aliphatic heterocycles. The number of aliphatic hydroxyl groups is 1. The zero-order chi connectivity index (χ0) is 10.4. The van der Waals surface area contributed by atoms with Crippen molar-refractivity contribution in [3.8, 4) is 0 Å². The second kappa shape index (κ2) is 3.13. The van der Waals surface area contributed by atoms with Crippen LogP contribution in [0.25, 0.3) is 0 Å². The highest BCUT2D eigenvalue weighted by Crippen LogP contribution is 2.70. The summed E-state index contributed by atoms with van der Waals surface area (Å²) in [6.07, 6.45) is 2.38. The Morgan fingerprint density at radius 1 is 1.29 bits per heavy atom. The van der Waals surface area contributed by atoms with Gasteiger partial charge in [0.05, 0.1) is 6.61 Å². The van der Waals surface area contributed by atoms with Crippen molar-refractivity contribution in [3.63, 3.8) is 0 Å². The Kier molecular flexibility index (Phi) is 2.41. The zero-order valence-corrected chi connectivity index (χ0v) is 9.99. The zero-order valence-electron chi connectivity index (χ0n) is 9.18. The van der Waals surface area contributed by atoms with Crippen molar-refractivity contribution in [3.05, 3.63) is 0 Å². The third-order valence-corrected chi connectivity index (χ3v) is 5.80. The van der Waals surface area contributed by atoms with E-state index in [2.05, 4.69) is 13.8 Å². The molecule has 1 spiro atoms. The van der Waals surface area contributed by atoms with E-state index in [4.69, 9.17) is 5.73 Å². The second-order valence-electron chi connectivity index (χ2n) is 5.93. The van der Waals surface area contributed by atoms with Crippen LogP contribution in [0.3, 0.4) is 0 Å². The molecule has 3 heteroatoms. The van der Waals surface area contributed by atoms with Crippen LogP contribution in [0.15, 0.2) is 0 Å². The first kappa shape index (κ1) is 10.8. The molecule has 1 aliphatic carbocycles. The maximum Gasteiger partial charge on any atom is 0.0505 e. The van der Waals surface area contributed by atoms with Gasteiger partial charge in [-0.2, -0.15) is 11.8 Å². The molecule has 0 bridgehead atoms. The lowest BCUT2D eigenvalue weighted by molar-refractivity contribution is 0.154. The van der Waals surface area contributed by atoms with Gasteiger partial charge in [-0.05, 0) is 35.2 Å². The molecule has 1 saturated carbocycles. The molecule has 0 radical (unpaired) electrons. The first-order chi connectivity index (χ1) is 6.49. The van der Waals surface area contributed by atoms with Crippen LogP contribution < -0.4 is 5.73 Å². The molecular formula is C11H21NOS. The molecule has 0 aromatic rings.